The zero-order valence-corrected chi connectivity index (χ0v) is 14.4. The molecule has 0 fully saturated rings. The van der Waals surface area contributed by atoms with Crippen molar-refractivity contribution in [2.45, 2.75) is 40.2 Å². The van der Waals surface area contributed by atoms with E-state index in [0.717, 1.165) is 18.7 Å². The van der Waals surface area contributed by atoms with E-state index < -0.39 is 0 Å². The zero-order valence-electron chi connectivity index (χ0n) is 13.6. The van der Waals surface area contributed by atoms with Gasteiger partial charge in [0.25, 0.3) is 0 Å². The molecule has 0 aliphatic rings. The number of rotatable bonds is 6. The van der Waals surface area contributed by atoms with Gasteiger partial charge in [0, 0.05) is 10.4 Å². The van der Waals surface area contributed by atoms with Gasteiger partial charge in [-0.3, -0.25) is 0 Å². The molecule has 21 heavy (non-hydrogen) atoms. The van der Waals surface area contributed by atoms with Crippen molar-refractivity contribution in [3.8, 4) is 5.75 Å². The lowest BCUT2D eigenvalue weighted by atomic mass is 9.94. The quantitative estimate of drug-likeness (QED) is 0.839. The summed E-state index contributed by atoms with van der Waals surface area (Å²) in [6.07, 6.45) is 1.06. The number of aryl methyl sites for hydroxylation is 3. The molecule has 1 heterocycles. The van der Waals surface area contributed by atoms with Gasteiger partial charge in [0.1, 0.15) is 5.75 Å². The number of nitrogens with one attached hydrogen (secondary N) is 1. The lowest BCUT2D eigenvalue weighted by molar-refractivity contribution is 0.403. The topological polar surface area (TPSA) is 21.3 Å². The molecule has 0 spiro atoms. The summed E-state index contributed by atoms with van der Waals surface area (Å²) in [5, 5.41) is 5.83. The van der Waals surface area contributed by atoms with E-state index in [2.05, 4.69) is 56.6 Å². The summed E-state index contributed by atoms with van der Waals surface area (Å²) in [4.78, 5) is 1.41. The van der Waals surface area contributed by atoms with E-state index in [1.165, 1.54) is 27.1 Å². The molecule has 0 radical (unpaired) electrons. The van der Waals surface area contributed by atoms with Crippen LogP contribution in [0.5, 0.6) is 5.75 Å². The van der Waals surface area contributed by atoms with Crippen molar-refractivity contribution in [2.75, 3.05) is 13.7 Å². The van der Waals surface area contributed by atoms with Crippen LogP contribution < -0.4 is 10.1 Å². The standard InChI is InChI=1S/C18H25NOS/c1-6-14-8-9-21-18(14)17(19-7-2)16-13(4)10-12(3)11-15(16)20-5/h8-11,17,19H,6-7H2,1-5H3. The Hall–Kier alpha value is -1.32. The zero-order chi connectivity index (χ0) is 15.4. The summed E-state index contributed by atoms with van der Waals surface area (Å²) in [7, 11) is 1.76. The van der Waals surface area contributed by atoms with Gasteiger partial charge in [0.2, 0.25) is 0 Å². The van der Waals surface area contributed by atoms with Crippen LogP contribution in [0, 0.1) is 13.8 Å². The summed E-state index contributed by atoms with van der Waals surface area (Å²) in [5.41, 5.74) is 5.22. The largest absolute Gasteiger partial charge is 0.496 e. The molecule has 114 valence electrons. The third-order valence-corrected chi connectivity index (χ3v) is 4.86. The fourth-order valence-electron chi connectivity index (χ4n) is 2.90. The molecule has 0 bridgehead atoms. The van der Waals surface area contributed by atoms with Crippen LogP contribution in [0.25, 0.3) is 0 Å². The molecule has 1 unspecified atom stereocenters. The van der Waals surface area contributed by atoms with E-state index in [-0.39, 0.29) is 6.04 Å². The molecule has 1 atom stereocenters. The van der Waals surface area contributed by atoms with Gasteiger partial charge in [-0.05, 0) is 61.0 Å². The molecular weight excluding hydrogens is 278 g/mol. The predicted molar refractivity (Wildman–Crippen MR) is 91.7 cm³/mol. The van der Waals surface area contributed by atoms with Crippen LogP contribution in [0.3, 0.4) is 0 Å². The number of benzene rings is 1. The number of hydrogen-bond acceptors (Lipinski definition) is 3. The first-order valence-corrected chi connectivity index (χ1v) is 8.45. The Labute approximate surface area is 132 Å². The molecule has 1 aromatic heterocycles. The average Bonchev–Trinajstić information content (AvgIpc) is 2.93. The molecule has 1 aromatic carbocycles. The minimum absolute atomic E-state index is 0.209. The maximum Gasteiger partial charge on any atom is 0.124 e. The first kappa shape index (κ1) is 16.1. The van der Waals surface area contributed by atoms with Gasteiger partial charge >= 0.3 is 0 Å². The molecule has 0 saturated heterocycles. The van der Waals surface area contributed by atoms with Crippen LogP contribution in [-0.4, -0.2) is 13.7 Å². The highest BCUT2D eigenvalue weighted by Crippen LogP contribution is 2.37. The van der Waals surface area contributed by atoms with Gasteiger partial charge in [-0.1, -0.05) is 19.9 Å². The van der Waals surface area contributed by atoms with Crippen molar-refractivity contribution in [1.29, 1.82) is 0 Å². The first-order chi connectivity index (χ1) is 10.1. The normalized spacial score (nSPS) is 12.4. The lowest BCUT2D eigenvalue weighted by Gasteiger charge is -2.23. The SMILES string of the molecule is CCNC(c1sccc1CC)c1c(C)cc(C)cc1OC. The highest BCUT2D eigenvalue weighted by Gasteiger charge is 2.23. The molecule has 0 aliphatic heterocycles. The van der Waals surface area contributed by atoms with Crippen LogP contribution in [-0.2, 0) is 6.42 Å². The fourth-order valence-corrected chi connectivity index (χ4v) is 3.98. The van der Waals surface area contributed by atoms with E-state index in [9.17, 15) is 0 Å². The Morgan fingerprint density at radius 2 is 2.00 bits per heavy atom. The second-order valence-electron chi connectivity index (χ2n) is 5.35. The number of hydrogen-bond donors (Lipinski definition) is 1. The summed E-state index contributed by atoms with van der Waals surface area (Å²) in [6, 6.07) is 6.81. The number of thiophene rings is 1. The average molecular weight is 303 g/mol. The van der Waals surface area contributed by atoms with E-state index in [4.69, 9.17) is 4.74 Å². The maximum absolute atomic E-state index is 5.67. The molecule has 0 aliphatic carbocycles. The van der Waals surface area contributed by atoms with Gasteiger partial charge in [-0.2, -0.15) is 0 Å². The van der Waals surface area contributed by atoms with E-state index >= 15 is 0 Å². The van der Waals surface area contributed by atoms with Crippen molar-refractivity contribution >= 4 is 11.3 Å². The summed E-state index contributed by atoms with van der Waals surface area (Å²) >= 11 is 1.83. The Bertz CT molecular complexity index is 603. The Balaban J connectivity index is 2.58. The van der Waals surface area contributed by atoms with Crippen molar-refractivity contribution in [3.05, 3.63) is 50.7 Å². The highest BCUT2D eigenvalue weighted by molar-refractivity contribution is 7.10. The number of ether oxygens (including phenoxy) is 1. The summed E-state index contributed by atoms with van der Waals surface area (Å²) in [6.45, 7) is 9.59. The third-order valence-electron chi connectivity index (χ3n) is 3.83. The van der Waals surface area contributed by atoms with Crippen molar-refractivity contribution in [1.82, 2.24) is 5.32 Å². The molecule has 0 amide bonds. The Morgan fingerprint density at radius 3 is 2.62 bits per heavy atom. The van der Waals surface area contributed by atoms with Crippen LogP contribution in [0.15, 0.2) is 23.6 Å². The Morgan fingerprint density at radius 1 is 1.24 bits per heavy atom. The summed E-state index contributed by atoms with van der Waals surface area (Å²) < 4.78 is 5.67. The van der Waals surface area contributed by atoms with E-state index in [1.54, 1.807) is 7.11 Å². The first-order valence-electron chi connectivity index (χ1n) is 7.57. The van der Waals surface area contributed by atoms with Gasteiger partial charge in [-0.25, -0.2) is 0 Å². The number of methoxy groups -OCH3 is 1. The third kappa shape index (κ3) is 3.30. The molecule has 2 rings (SSSR count). The van der Waals surface area contributed by atoms with Gasteiger partial charge in [-0.15, -0.1) is 11.3 Å². The van der Waals surface area contributed by atoms with Crippen LogP contribution in [0.2, 0.25) is 0 Å². The van der Waals surface area contributed by atoms with E-state index in [1.807, 2.05) is 11.3 Å². The minimum Gasteiger partial charge on any atom is -0.496 e. The molecule has 0 saturated carbocycles. The predicted octanol–water partition coefficient (Wildman–Crippen LogP) is 4.63. The van der Waals surface area contributed by atoms with Crippen LogP contribution in [0.4, 0.5) is 0 Å². The van der Waals surface area contributed by atoms with Gasteiger partial charge in [0.05, 0.1) is 13.2 Å². The highest BCUT2D eigenvalue weighted by atomic mass is 32.1. The van der Waals surface area contributed by atoms with E-state index in [0.29, 0.717) is 0 Å². The smallest absolute Gasteiger partial charge is 0.124 e. The lowest BCUT2D eigenvalue weighted by Crippen LogP contribution is -2.23. The van der Waals surface area contributed by atoms with Crippen LogP contribution >= 0.6 is 11.3 Å². The second-order valence-corrected chi connectivity index (χ2v) is 6.30. The molecule has 1 N–H and O–H groups in total. The van der Waals surface area contributed by atoms with Crippen molar-refractivity contribution in [3.63, 3.8) is 0 Å². The van der Waals surface area contributed by atoms with Crippen molar-refractivity contribution in [2.24, 2.45) is 0 Å². The van der Waals surface area contributed by atoms with Crippen molar-refractivity contribution < 1.29 is 4.74 Å². The molecule has 2 nitrogen and oxygen atoms in total. The van der Waals surface area contributed by atoms with Gasteiger partial charge in [0.15, 0.2) is 0 Å². The minimum atomic E-state index is 0.209. The monoisotopic (exact) mass is 303 g/mol. The molecule has 3 heteroatoms. The van der Waals surface area contributed by atoms with Gasteiger partial charge < -0.3 is 10.1 Å². The Kier molecular flexibility index (Phi) is 5.43. The fraction of sp³-hybridized carbons (Fsp3) is 0.444. The molecular formula is C18H25NOS. The summed E-state index contributed by atoms with van der Waals surface area (Å²) in [5.74, 6) is 0.980. The maximum atomic E-state index is 5.67. The van der Waals surface area contributed by atoms with Crippen LogP contribution in [0.1, 0.15) is 47.0 Å². The second kappa shape index (κ2) is 7.10. The molecule has 2 aromatic rings.